The quantitative estimate of drug-likeness (QED) is 0.493. The fourth-order valence-corrected chi connectivity index (χ4v) is 5.30. The molecule has 0 atom stereocenters. The highest BCUT2D eigenvalue weighted by atomic mass is 16.1. The van der Waals surface area contributed by atoms with Crippen molar-refractivity contribution in [3.63, 3.8) is 0 Å². The first-order valence-corrected chi connectivity index (χ1v) is 13.4. The van der Waals surface area contributed by atoms with Crippen molar-refractivity contribution in [2.45, 2.75) is 13.3 Å². The van der Waals surface area contributed by atoms with Crippen molar-refractivity contribution in [1.29, 1.82) is 0 Å². The summed E-state index contributed by atoms with van der Waals surface area (Å²) in [5.41, 5.74) is 1.97. The second-order valence-corrected chi connectivity index (χ2v) is 9.77. The Hall–Kier alpha value is -3.16. The van der Waals surface area contributed by atoms with Crippen molar-refractivity contribution >= 4 is 28.2 Å². The van der Waals surface area contributed by atoms with Crippen LogP contribution in [0.4, 0.5) is 11.5 Å². The van der Waals surface area contributed by atoms with Crippen LogP contribution in [0.3, 0.4) is 0 Å². The first kappa shape index (κ1) is 24.5. The summed E-state index contributed by atoms with van der Waals surface area (Å²) in [6.45, 7) is 13.4. The minimum Gasteiger partial charge on any atom is -0.368 e. The number of benzene rings is 2. The van der Waals surface area contributed by atoms with Crippen LogP contribution in [0.15, 0.2) is 60.8 Å². The smallest absolute Gasteiger partial charge is 0.251 e. The highest BCUT2D eigenvalue weighted by molar-refractivity contribution is 6.01. The van der Waals surface area contributed by atoms with Crippen LogP contribution >= 0.6 is 0 Å². The third-order valence-corrected chi connectivity index (χ3v) is 7.56. The van der Waals surface area contributed by atoms with Crippen molar-refractivity contribution in [2.75, 3.05) is 81.8 Å². The summed E-state index contributed by atoms with van der Waals surface area (Å²) in [7, 11) is 0. The van der Waals surface area contributed by atoms with Crippen LogP contribution in [0, 0.1) is 0 Å². The van der Waals surface area contributed by atoms with Crippen LogP contribution in [-0.4, -0.2) is 92.7 Å². The van der Waals surface area contributed by atoms with Gasteiger partial charge in [0.05, 0.1) is 0 Å². The molecule has 3 heterocycles. The Kier molecular flexibility index (Phi) is 7.98. The van der Waals surface area contributed by atoms with Crippen molar-refractivity contribution < 1.29 is 4.79 Å². The number of carbonyl (C=O) groups is 1. The lowest BCUT2D eigenvalue weighted by Gasteiger charge is -2.37. The molecule has 2 fully saturated rings. The number of para-hydroxylation sites is 1. The van der Waals surface area contributed by atoms with Gasteiger partial charge in [0.15, 0.2) is 0 Å². The van der Waals surface area contributed by atoms with E-state index >= 15 is 0 Å². The molecular formula is C29H38N6O. The molecule has 7 nitrogen and oxygen atoms in total. The maximum Gasteiger partial charge on any atom is 0.251 e. The zero-order valence-electron chi connectivity index (χ0n) is 21.4. The number of rotatable bonds is 8. The molecule has 2 aliphatic heterocycles. The summed E-state index contributed by atoms with van der Waals surface area (Å²) < 4.78 is 0. The predicted octanol–water partition coefficient (Wildman–Crippen LogP) is 3.32. The van der Waals surface area contributed by atoms with Gasteiger partial charge in [-0.1, -0.05) is 31.2 Å². The number of piperazine rings is 2. The van der Waals surface area contributed by atoms with Crippen molar-refractivity contribution in [2.24, 2.45) is 0 Å². The second-order valence-electron chi connectivity index (χ2n) is 9.77. The standard InChI is InChI=1S/C29H38N6O/c1-2-32-15-17-33(18-16-32)14-6-12-31-29(36)25-10-9-24-11-13-30-28(27(24)23-25)35-21-19-34(20-22-35)26-7-4-3-5-8-26/h3-5,7-11,13,23H,2,6,12,14-22H2,1H3,(H,31,36). The number of hydrogen-bond acceptors (Lipinski definition) is 6. The number of pyridine rings is 1. The van der Waals surface area contributed by atoms with E-state index in [1.54, 1.807) is 0 Å². The van der Waals surface area contributed by atoms with E-state index in [-0.39, 0.29) is 5.91 Å². The van der Waals surface area contributed by atoms with Crippen molar-refractivity contribution in [3.05, 3.63) is 66.4 Å². The van der Waals surface area contributed by atoms with E-state index in [9.17, 15) is 4.79 Å². The zero-order chi connectivity index (χ0) is 24.7. The zero-order valence-corrected chi connectivity index (χ0v) is 21.4. The number of fused-ring (bicyclic) bond motifs is 1. The lowest BCUT2D eigenvalue weighted by molar-refractivity contribution is 0.0948. The molecule has 5 rings (SSSR count). The Morgan fingerprint density at radius 1 is 0.861 bits per heavy atom. The minimum absolute atomic E-state index is 0.00333. The van der Waals surface area contributed by atoms with Gasteiger partial charge in [-0.15, -0.1) is 0 Å². The number of carbonyl (C=O) groups excluding carboxylic acids is 1. The summed E-state index contributed by atoms with van der Waals surface area (Å²) in [4.78, 5) is 27.4. The largest absolute Gasteiger partial charge is 0.368 e. The number of nitrogens with one attached hydrogen (secondary N) is 1. The Morgan fingerprint density at radius 3 is 2.33 bits per heavy atom. The van der Waals surface area contributed by atoms with E-state index < -0.39 is 0 Å². The van der Waals surface area contributed by atoms with Crippen LogP contribution in [0.1, 0.15) is 23.7 Å². The van der Waals surface area contributed by atoms with Gasteiger partial charge < -0.3 is 24.9 Å². The molecule has 1 N–H and O–H groups in total. The van der Waals surface area contributed by atoms with Gasteiger partial charge in [0, 0.05) is 81.7 Å². The topological polar surface area (TPSA) is 55.0 Å². The van der Waals surface area contributed by atoms with Gasteiger partial charge in [0.25, 0.3) is 5.91 Å². The van der Waals surface area contributed by atoms with E-state index in [0.29, 0.717) is 12.1 Å². The molecule has 3 aromatic rings. The number of hydrogen-bond donors (Lipinski definition) is 1. The molecule has 2 aromatic carbocycles. The predicted molar refractivity (Wildman–Crippen MR) is 148 cm³/mol. The Labute approximate surface area is 214 Å². The van der Waals surface area contributed by atoms with E-state index in [1.165, 1.54) is 5.69 Å². The molecule has 1 aromatic heterocycles. The third-order valence-electron chi connectivity index (χ3n) is 7.56. The minimum atomic E-state index is -0.00333. The van der Waals surface area contributed by atoms with Crippen LogP contribution in [-0.2, 0) is 0 Å². The van der Waals surface area contributed by atoms with E-state index in [4.69, 9.17) is 4.98 Å². The molecule has 0 bridgehead atoms. The lowest BCUT2D eigenvalue weighted by atomic mass is 10.1. The number of nitrogens with zero attached hydrogens (tertiary/aromatic N) is 5. The molecule has 2 saturated heterocycles. The van der Waals surface area contributed by atoms with Gasteiger partial charge in [0.1, 0.15) is 5.82 Å². The molecule has 36 heavy (non-hydrogen) atoms. The van der Waals surface area contributed by atoms with Gasteiger partial charge in [-0.2, -0.15) is 0 Å². The van der Waals surface area contributed by atoms with Gasteiger partial charge in [0.2, 0.25) is 0 Å². The second kappa shape index (κ2) is 11.7. The van der Waals surface area contributed by atoms with Crippen molar-refractivity contribution in [1.82, 2.24) is 20.1 Å². The fourth-order valence-electron chi connectivity index (χ4n) is 5.30. The maximum absolute atomic E-state index is 12.9. The normalized spacial score (nSPS) is 17.5. The average Bonchev–Trinajstić information content (AvgIpc) is 2.95. The van der Waals surface area contributed by atoms with Crippen molar-refractivity contribution in [3.8, 4) is 0 Å². The maximum atomic E-state index is 12.9. The SMILES string of the molecule is CCN1CCN(CCCNC(=O)c2ccc3ccnc(N4CCN(c5ccccc5)CC4)c3c2)CC1. The molecule has 190 valence electrons. The molecule has 7 heteroatoms. The van der Waals surface area contributed by atoms with Crippen LogP contribution in [0.5, 0.6) is 0 Å². The molecule has 0 unspecified atom stereocenters. The number of anilines is 2. The first-order valence-electron chi connectivity index (χ1n) is 13.4. The first-order chi connectivity index (χ1) is 17.7. The third kappa shape index (κ3) is 5.79. The average molecular weight is 487 g/mol. The Morgan fingerprint density at radius 2 is 1.58 bits per heavy atom. The van der Waals surface area contributed by atoms with Gasteiger partial charge in [-0.05, 0) is 55.2 Å². The molecule has 0 radical (unpaired) electrons. The molecule has 2 aliphatic rings. The highest BCUT2D eigenvalue weighted by Gasteiger charge is 2.20. The van der Waals surface area contributed by atoms with Crippen LogP contribution in [0.2, 0.25) is 0 Å². The van der Waals surface area contributed by atoms with Crippen LogP contribution in [0.25, 0.3) is 10.8 Å². The summed E-state index contributed by atoms with van der Waals surface area (Å²) in [5, 5.41) is 5.30. The summed E-state index contributed by atoms with van der Waals surface area (Å²) in [6.07, 6.45) is 2.85. The molecular weight excluding hydrogens is 448 g/mol. The molecule has 0 aliphatic carbocycles. The number of aromatic nitrogens is 1. The molecule has 0 saturated carbocycles. The Bertz CT molecular complexity index is 1140. The summed E-state index contributed by atoms with van der Waals surface area (Å²) in [5.74, 6) is 0.970. The highest BCUT2D eigenvalue weighted by Crippen LogP contribution is 2.27. The van der Waals surface area contributed by atoms with Crippen LogP contribution < -0.4 is 15.1 Å². The summed E-state index contributed by atoms with van der Waals surface area (Å²) in [6, 6.07) is 18.6. The fraction of sp³-hybridized carbons (Fsp3) is 0.448. The number of likely N-dealkylation sites (N-methyl/N-ethyl adjacent to an activating group) is 1. The molecule has 0 spiro atoms. The van der Waals surface area contributed by atoms with Gasteiger partial charge in [-0.3, -0.25) is 4.79 Å². The van der Waals surface area contributed by atoms with E-state index in [0.717, 1.165) is 88.5 Å². The van der Waals surface area contributed by atoms with Gasteiger partial charge >= 0.3 is 0 Å². The Balaban J connectivity index is 1.18. The lowest BCUT2D eigenvalue weighted by Crippen LogP contribution is -2.46. The monoisotopic (exact) mass is 486 g/mol. The van der Waals surface area contributed by atoms with Gasteiger partial charge in [-0.25, -0.2) is 4.98 Å². The molecule has 1 amide bonds. The number of amides is 1. The summed E-state index contributed by atoms with van der Waals surface area (Å²) >= 11 is 0. The van der Waals surface area contributed by atoms with E-state index in [2.05, 4.69) is 62.2 Å². The van der Waals surface area contributed by atoms with E-state index in [1.807, 2.05) is 30.5 Å².